The van der Waals surface area contributed by atoms with Crippen LogP contribution in [0.1, 0.15) is 31.8 Å². The third-order valence-corrected chi connectivity index (χ3v) is 3.05. The number of rotatable bonds is 4. The molecule has 0 aliphatic rings. The van der Waals surface area contributed by atoms with Crippen LogP contribution >= 0.6 is 11.3 Å². The number of methoxy groups -OCH3 is 1. The highest BCUT2D eigenvalue weighted by Gasteiger charge is 2.30. The van der Waals surface area contributed by atoms with Crippen molar-refractivity contribution >= 4 is 17.3 Å². The first kappa shape index (κ1) is 12.1. The van der Waals surface area contributed by atoms with Gasteiger partial charge in [0.25, 0.3) is 0 Å². The lowest BCUT2D eigenvalue weighted by atomic mass is 10.0. The molecule has 0 saturated carbocycles. The monoisotopic (exact) mass is 228 g/mol. The molecule has 1 N–H and O–H groups in total. The van der Waals surface area contributed by atoms with Gasteiger partial charge in [-0.15, -0.1) is 11.3 Å². The standard InChI is InChI=1S/C10H16N2O2S/c1-7(8-11-5-6-15-8)12-10(2,3)9(13)14-4/h5-7,12H,1-4H3. The van der Waals surface area contributed by atoms with Crippen LogP contribution in [0.15, 0.2) is 11.6 Å². The van der Waals surface area contributed by atoms with Crippen molar-refractivity contribution < 1.29 is 9.53 Å². The van der Waals surface area contributed by atoms with Gasteiger partial charge in [0.1, 0.15) is 10.5 Å². The first-order chi connectivity index (χ1) is 6.97. The molecule has 15 heavy (non-hydrogen) atoms. The molecule has 0 radical (unpaired) electrons. The maximum Gasteiger partial charge on any atom is 0.325 e. The quantitative estimate of drug-likeness (QED) is 0.798. The highest BCUT2D eigenvalue weighted by Crippen LogP contribution is 2.18. The number of hydrogen-bond acceptors (Lipinski definition) is 5. The van der Waals surface area contributed by atoms with Gasteiger partial charge >= 0.3 is 5.97 Å². The number of carbonyl (C=O) groups excluding carboxylic acids is 1. The van der Waals surface area contributed by atoms with Crippen LogP contribution in [0, 0.1) is 0 Å². The Kier molecular flexibility index (Phi) is 3.82. The molecule has 1 unspecified atom stereocenters. The summed E-state index contributed by atoms with van der Waals surface area (Å²) < 4.78 is 4.71. The minimum atomic E-state index is -0.695. The molecule has 0 amide bonds. The molecule has 0 bridgehead atoms. The summed E-state index contributed by atoms with van der Waals surface area (Å²) in [6.07, 6.45) is 1.75. The Balaban J connectivity index is 2.65. The first-order valence-electron chi connectivity index (χ1n) is 4.73. The zero-order valence-electron chi connectivity index (χ0n) is 9.40. The van der Waals surface area contributed by atoms with Crippen LogP contribution in [0.5, 0.6) is 0 Å². The van der Waals surface area contributed by atoms with E-state index in [1.165, 1.54) is 7.11 Å². The molecule has 1 heterocycles. The van der Waals surface area contributed by atoms with E-state index in [1.807, 2.05) is 12.3 Å². The van der Waals surface area contributed by atoms with Gasteiger partial charge in [-0.2, -0.15) is 0 Å². The smallest absolute Gasteiger partial charge is 0.325 e. The van der Waals surface area contributed by atoms with Crippen LogP contribution in [-0.4, -0.2) is 23.6 Å². The number of esters is 1. The maximum absolute atomic E-state index is 11.4. The molecule has 1 aromatic rings. The summed E-state index contributed by atoms with van der Waals surface area (Å²) in [5.74, 6) is -0.272. The molecule has 0 saturated heterocycles. The minimum Gasteiger partial charge on any atom is -0.468 e. The van der Waals surface area contributed by atoms with E-state index in [9.17, 15) is 4.79 Å². The van der Waals surface area contributed by atoms with Crippen LogP contribution < -0.4 is 5.32 Å². The molecule has 4 nitrogen and oxygen atoms in total. The van der Waals surface area contributed by atoms with Crippen molar-refractivity contribution in [3.63, 3.8) is 0 Å². The summed E-state index contributed by atoms with van der Waals surface area (Å²) in [7, 11) is 1.39. The van der Waals surface area contributed by atoms with E-state index in [-0.39, 0.29) is 12.0 Å². The Bertz CT molecular complexity index is 322. The van der Waals surface area contributed by atoms with Crippen molar-refractivity contribution in [1.82, 2.24) is 10.3 Å². The minimum absolute atomic E-state index is 0.0408. The Hall–Kier alpha value is -0.940. The van der Waals surface area contributed by atoms with Crippen LogP contribution in [0.2, 0.25) is 0 Å². The lowest BCUT2D eigenvalue weighted by molar-refractivity contribution is -0.147. The van der Waals surface area contributed by atoms with E-state index in [0.29, 0.717) is 0 Å². The molecular formula is C10H16N2O2S. The third kappa shape index (κ3) is 3.00. The molecule has 84 valence electrons. The van der Waals surface area contributed by atoms with E-state index in [1.54, 1.807) is 31.4 Å². The summed E-state index contributed by atoms with van der Waals surface area (Å²) in [4.78, 5) is 15.6. The average Bonchev–Trinajstić information content (AvgIpc) is 2.68. The van der Waals surface area contributed by atoms with Crippen LogP contribution in [0.4, 0.5) is 0 Å². The van der Waals surface area contributed by atoms with Crippen LogP contribution in [-0.2, 0) is 9.53 Å². The maximum atomic E-state index is 11.4. The molecule has 1 atom stereocenters. The van der Waals surface area contributed by atoms with E-state index in [2.05, 4.69) is 10.3 Å². The summed E-state index contributed by atoms with van der Waals surface area (Å²) in [5.41, 5.74) is -0.695. The Morgan fingerprint density at radius 2 is 2.33 bits per heavy atom. The number of nitrogens with one attached hydrogen (secondary N) is 1. The molecule has 0 spiro atoms. The number of nitrogens with zero attached hydrogens (tertiary/aromatic N) is 1. The lowest BCUT2D eigenvalue weighted by Crippen LogP contribution is -2.48. The van der Waals surface area contributed by atoms with Gasteiger partial charge in [-0.3, -0.25) is 10.1 Å². The number of ether oxygens (including phenoxy) is 1. The fourth-order valence-electron chi connectivity index (χ4n) is 1.37. The first-order valence-corrected chi connectivity index (χ1v) is 5.61. The predicted octanol–water partition coefficient (Wildman–Crippen LogP) is 1.75. The molecule has 0 aliphatic carbocycles. The Morgan fingerprint density at radius 3 is 2.80 bits per heavy atom. The zero-order chi connectivity index (χ0) is 11.5. The molecule has 0 aliphatic heterocycles. The van der Waals surface area contributed by atoms with Crippen LogP contribution in [0.3, 0.4) is 0 Å². The van der Waals surface area contributed by atoms with Crippen molar-refractivity contribution in [3.8, 4) is 0 Å². The highest BCUT2D eigenvalue weighted by molar-refractivity contribution is 7.09. The van der Waals surface area contributed by atoms with Gasteiger partial charge in [-0.25, -0.2) is 4.98 Å². The topological polar surface area (TPSA) is 51.2 Å². The largest absolute Gasteiger partial charge is 0.468 e. The molecule has 0 aromatic carbocycles. The molecule has 1 rings (SSSR count). The van der Waals surface area contributed by atoms with Gasteiger partial charge in [0.2, 0.25) is 0 Å². The molecular weight excluding hydrogens is 212 g/mol. The molecule has 0 fully saturated rings. The fraction of sp³-hybridized carbons (Fsp3) is 0.600. The van der Waals surface area contributed by atoms with E-state index in [4.69, 9.17) is 4.74 Å². The number of carbonyl (C=O) groups is 1. The van der Waals surface area contributed by atoms with Gasteiger partial charge in [0.05, 0.1) is 13.2 Å². The number of aromatic nitrogens is 1. The second kappa shape index (κ2) is 4.72. The van der Waals surface area contributed by atoms with E-state index < -0.39 is 5.54 Å². The lowest BCUT2D eigenvalue weighted by Gasteiger charge is -2.26. The van der Waals surface area contributed by atoms with Crippen molar-refractivity contribution in [2.24, 2.45) is 0 Å². The summed E-state index contributed by atoms with van der Waals surface area (Å²) in [6.45, 7) is 5.56. The van der Waals surface area contributed by atoms with Gasteiger partial charge in [-0.1, -0.05) is 0 Å². The summed E-state index contributed by atoms with van der Waals surface area (Å²) >= 11 is 1.57. The van der Waals surface area contributed by atoms with E-state index >= 15 is 0 Å². The molecule has 1 aromatic heterocycles. The Morgan fingerprint density at radius 1 is 1.67 bits per heavy atom. The second-order valence-electron chi connectivity index (χ2n) is 3.85. The highest BCUT2D eigenvalue weighted by atomic mass is 32.1. The summed E-state index contributed by atoms with van der Waals surface area (Å²) in [6, 6.07) is 0.0408. The normalized spacial score (nSPS) is 13.6. The van der Waals surface area contributed by atoms with Crippen molar-refractivity contribution in [2.45, 2.75) is 32.4 Å². The van der Waals surface area contributed by atoms with Crippen molar-refractivity contribution in [1.29, 1.82) is 0 Å². The second-order valence-corrected chi connectivity index (χ2v) is 4.78. The number of thiazole rings is 1. The van der Waals surface area contributed by atoms with Crippen molar-refractivity contribution in [2.75, 3.05) is 7.11 Å². The third-order valence-electron chi connectivity index (χ3n) is 2.09. The average molecular weight is 228 g/mol. The van der Waals surface area contributed by atoms with Gasteiger partial charge in [-0.05, 0) is 20.8 Å². The van der Waals surface area contributed by atoms with Crippen molar-refractivity contribution in [3.05, 3.63) is 16.6 Å². The van der Waals surface area contributed by atoms with Gasteiger partial charge < -0.3 is 4.74 Å². The van der Waals surface area contributed by atoms with Gasteiger partial charge in [0, 0.05) is 11.6 Å². The zero-order valence-corrected chi connectivity index (χ0v) is 10.2. The van der Waals surface area contributed by atoms with E-state index in [0.717, 1.165) is 5.01 Å². The SMILES string of the molecule is COC(=O)C(C)(C)NC(C)c1nccs1. The van der Waals surface area contributed by atoms with Crippen LogP contribution in [0.25, 0.3) is 0 Å². The fourth-order valence-corrected chi connectivity index (χ4v) is 2.01. The Labute approximate surface area is 93.7 Å². The number of hydrogen-bond donors (Lipinski definition) is 1. The predicted molar refractivity (Wildman–Crippen MR) is 59.8 cm³/mol. The molecule has 5 heteroatoms. The summed E-state index contributed by atoms with van der Waals surface area (Å²) in [5, 5.41) is 6.06. The van der Waals surface area contributed by atoms with Gasteiger partial charge in [0.15, 0.2) is 0 Å².